The molecule has 0 radical (unpaired) electrons. The molecule has 0 bridgehead atoms. The first-order chi connectivity index (χ1) is 16.9. The number of hydrogen-bond acceptors (Lipinski definition) is 4. The fraction of sp³-hybridized carbons (Fsp3) is 0.400. The smallest absolute Gasteiger partial charge is 0.227 e. The van der Waals surface area contributed by atoms with Crippen molar-refractivity contribution in [1.29, 1.82) is 0 Å². The van der Waals surface area contributed by atoms with E-state index in [-0.39, 0.29) is 0 Å². The predicted molar refractivity (Wildman–Crippen MR) is 148 cm³/mol. The lowest BCUT2D eigenvalue weighted by molar-refractivity contribution is 0.569. The van der Waals surface area contributed by atoms with Crippen molar-refractivity contribution >= 4 is 34.5 Å². The molecule has 1 aliphatic carbocycles. The average Bonchev–Trinajstić information content (AvgIpc) is 3.59. The van der Waals surface area contributed by atoms with Gasteiger partial charge in [0, 0.05) is 30.0 Å². The van der Waals surface area contributed by atoms with Crippen molar-refractivity contribution in [3.63, 3.8) is 0 Å². The van der Waals surface area contributed by atoms with Crippen molar-refractivity contribution in [2.45, 2.75) is 59.3 Å². The molecule has 1 unspecified atom stereocenters. The highest BCUT2D eigenvalue weighted by Crippen LogP contribution is 2.43. The van der Waals surface area contributed by atoms with Crippen molar-refractivity contribution in [3.8, 4) is 0 Å². The molecular formula is C30H35ClN4. The number of aromatic nitrogens is 2. The van der Waals surface area contributed by atoms with Crippen LogP contribution in [0.15, 0.2) is 48.7 Å². The second-order valence-electron chi connectivity index (χ2n) is 10.1. The van der Waals surface area contributed by atoms with Gasteiger partial charge in [-0.15, -0.1) is 0 Å². The largest absolute Gasteiger partial charge is 0.371 e. The van der Waals surface area contributed by atoms with Crippen LogP contribution in [0.3, 0.4) is 0 Å². The highest BCUT2D eigenvalue weighted by Gasteiger charge is 2.27. The fourth-order valence-corrected chi connectivity index (χ4v) is 5.42. The van der Waals surface area contributed by atoms with Gasteiger partial charge in [0.15, 0.2) is 0 Å². The van der Waals surface area contributed by atoms with Crippen LogP contribution >= 0.6 is 11.6 Å². The van der Waals surface area contributed by atoms with Crippen LogP contribution in [0.1, 0.15) is 73.4 Å². The molecule has 1 aliphatic heterocycles. The Labute approximate surface area is 214 Å². The Bertz CT molecular complexity index is 1260. The zero-order valence-electron chi connectivity index (χ0n) is 21.2. The number of halogens is 1. The van der Waals surface area contributed by atoms with Crippen LogP contribution in [0, 0.1) is 19.8 Å². The second kappa shape index (κ2) is 10.0. The molecule has 5 rings (SSSR count). The van der Waals surface area contributed by atoms with E-state index >= 15 is 0 Å². The van der Waals surface area contributed by atoms with Crippen LogP contribution in [0.5, 0.6) is 0 Å². The molecular weight excluding hydrogens is 452 g/mol. The molecule has 5 heteroatoms. The molecule has 4 nitrogen and oxygen atoms in total. The van der Waals surface area contributed by atoms with Crippen molar-refractivity contribution in [2.75, 3.05) is 23.3 Å². The van der Waals surface area contributed by atoms with Crippen LogP contribution in [0.2, 0.25) is 5.02 Å². The third-order valence-corrected chi connectivity index (χ3v) is 7.71. The van der Waals surface area contributed by atoms with Gasteiger partial charge < -0.3 is 10.2 Å². The van der Waals surface area contributed by atoms with Gasteiger partial charge in [0.25, 0.3) is 0 Å². The molecule has 0 spiro atoms. The van der Waals surface area contributed by atoms with Gasteiger partial charge in [-0.1, -0.05) is 54.8 Å². The summed E-state index contributed by atoms with van der Waals surface area (Å²) in [5.74, 6) is 2.05. The summed E-state index contributed by atoms with van der Waals surface area (Å²) in [6.45, 7) is 10.9. The molecule has 182 valence electrons. The van der Waals surface area contributed by atoms with Gasteiger partial charge in [0.2, 0.25) is 5.95 Å². The van der Waals surface area contributed by atoms with E-state index in [1.165, 1.54) is 48.1 Å². The summed E-state index contributed by atoms with van der Waals surface area (Å²) in [6, 6.07) is 13.4. The van der Waals surface area contributed by atoms with Gasteiger partial charge in [0.1, 0.15) is 0 Å². The molecule has 2 heterocycles. The summed E-state index contributed by atoms with van der Waals surface area (Å²) in [6.07, 6.45) is 8.88. The van der Waals surface area contributed by atoms with Gasteiger partial charge in [-0.05, 0) is 86.8 Å². The Kier molecular flexibility index (Phi) is 6.84. The van der Waals surface area contributed by atoms with Crippen LogP contribution in [0.25, 0.3) is 5.57 Å². The topological polar surface area (TPSA) is 41.1 Å². The predicted octanol–water partition coefficient (Wildman–Crippen LogP) is 8.06. The summed E-state index contributed by atoms with van der Waals surface area (Å²) < 4.78 is 0. The van der Waals surface area contributed by atoms with E-state index in [4.69, 9.17) is 16.6 Å². The maximum atomic E-state index is 6.62. The highest BCUT2D eigenvalue weighted by atomic mass is 35.5. The van der Waals surface area contributed by atoms with E-state index in [0.29, 0.717) is 16.9 Å². The average molecular weight is 487 g/mol. The number of nitrogens with one attached hydrogen (secondary N) is 1. The molecule has 1 atom stereocenters. The van der Waals surface area contributed by atoms with E-state index in [2.05, 4.69) is 78.4 Å². The minimum atomic E-state index is 0.554. The number of nitrogens with zero attached hydrogens (tertiary/aromatic N) is 3. The molecule has 2 aromatic carbocycles. The number of rotatable bonds is 7. The summed E-state index contributed by atoms with van der Waals surface area (Å²) in [5.41, 5.74) is 9.14. The van der Waals surface area contributed by atoms with Gasteiger partial charge >= 0.3 is 0 Å². The molecule has 35 heavy (non-hydrogen) atoms. The van der Waals surface area contributed by atoms with Crippen molar-refractivity contribution < 1.29 is 0 Å². The molecule has 2 aliphatic rings. The normalized spacial score (nSPS) is 18.3. The number of allylic oxidation sites excluding steroid dienone is 1. The van der Waals surface area contributed by atoms with E-state index in [9.17, 15) is 0 Å². The standard InChI is InChI=1S/C30H35ClN4/c1-5-21-11-12-35(18-21)25-15-23(22-8-9-22)14-24(16-25)33-30-32-17-28(31)29(34-30)26(6-2)27-10-7-19(3)13-20(27)4/h6-7,10,13-17,21-22H,5,8-9,11-12,18H2,1-4H3,(H,32,33,34)/b26-6+. The van der Waals surface area contributed by atoms with Gasteiger partial charge in [-0.3, -0.25) is 0 Å². The Morgan fingerprint density at radius 2 is 1.97 bits per heavy atom. The number of benzene rings is 2. The lowest BCUT2D eigenvalue weighted by atomic mass is 9.96. The highest BCUT2D eigenvalue weighted by molar-refractivity contribution is 6.32. The molecule has 1 aromatic heterocycles. The van der Waals surface area contributed by atoms with Crippen molar-refractivity contribution in [2.24, 2.45) is 5.92 Å². The lowest BCUT2D eigenvalue weighted by Gasteiger charge is -2.21. The maximum absolute atomic E-state index is 6.62. The molecule has 1 N–H and O–H groups in total. The fourth-order valence-electron chi connectivity index (χ4n) is 5.22. The Balaban J connectivity index is 1.46. The molecule has 1 saturated heterocycles. The maximum Gasteiger partial charge on any atom is 0.227 e. The summed E-state index contributed by atoms with van der Waals surface area (Å²) >= 11 is 6.62. The van der Waals surface area contributed by atoms with Crippen LogP contribution in [0.4, 0.5) is 17.3 Å². The summed E-state index contributed by atoms with van der Waals surface area (Å²) in [5, 5.41) is 4.06. The number of anilines is 3. The zero-order chi connectivity index (χ0) is 24.5. The van der Waals surface area contributed by atoms with Gasteiger partial charge in [0.05, 0.1) is 16.9 Å². The third kappa shape index (κ3) is 5.23. The first-order valence-corrected chi connectivity index (χ1v) is 13.3. The Morgan fingerprint density at radius 3 is 2.66 bits per heavy atom. The number of aryl methyl sites for hydroxylation is 2. The number of hydrogen-bond donors (Lipinski definition) is 1. The van der Waals surface area contributed by atoms with Crippen LogP contribution in [-0.2, 0) is 0 Å². The van der Waals surface area contributed by atoms with Crippen molar-refractivity contribution in [1.82, 2.24) is 9.97 Å². The van der Waals surface area contributed by atoms with Crippen LogP contribution in [-0.4, -0.2) is 23.1 Å². The quantitative estimate of drug-likeness (QED) is 0.366. The van der Waals surface area contributed by atoms with Gasteiger partial charge in [-0.2, -0.15) is 0 Å². The Morgan fingerprint density at radius 1 is 1.14 bits per heavy atom. The first kappa shape index (κ1) is 23.9. The minimum absolute atomic E-state index is 0.554. The molecule has 0 amide bonds. The SMILES string of the molecule is C/C=C(\c1ccc(C)cc1C)c1nc(Nc2cc(C3CC3)cc(N3CCC(CC)C3)c2)ncc1Cl. The third-order valence-electron chi connectivity index (χ3n) is 7.43. The van der Waals surface area contributed by atoms with Crippen LogP contribution < -0.4 is 10.2 Å². The van der Waals surface area contributed by atoms with Crippen molar-refractivity contribution in [3.05, 3.63) is 81.6 Å². The lowest BCUT2D eigenvalue weighted by Crippen LogP contribution is -2.19. The Hall–Kier alpha value is -2.85. The summed E-state index contributed by atoms with van der Waals surface area (Å²) in [7, 11) is 0. The van der Waals surface area contributed by atoms with E-state index in [0.717, 1.165) is 41.5 Å². The van der Waals surface area contributed by atoms with E-state index in [1.54, 1.807) is 6.20 Å². The van der Waals surface area contributed by atoms with E-state index < -0.39 is 0 Å². The zero-order valence-corrected chi connectivity index (χ0v) is 22.0. The molecule has 1 saturated carbocycles. The van der Waals surface area contributed by atoms with E-state index in [1.807, 2.05) is 6.92 Å². The first-order valence-electron chi connectivity index (χ1n) is 12.9. The summed E-state index contributed by atoms with van der Waals surface area (Å²) in [4.78, 5) is 12.0. The monoisotopic (exact) mass is 486 g/mol. The molecule has 2 fully saturated rings. The minimum Gasteiger partial charge on any atom is -0.371 e. The van der Waals surface area contributed by atoms with Gasteiger partial charge in [-0.25, -0.2) is 9.97 Å². The molecule has 3 aromatic rings. The second-order valence-corrected chi connectivity index (χ2v) is 10.5.